The van der Waals surface area contributed by atoms with Gasteiger partial charge in [0.2, 0.25) is 0 Å². The third-order valence-corrected chi connectivity index (χ3v) is 1.17. The van der Waals surface area contributed by atoms with Gasteiger partial charge in [0.1, 0.15) is 6.26 Å². The number of hydrogen-bond acceptors (Lipinski definition) is 2. The minimum atomic E-state index is 0.197. The zero-order valence-corrected chi connectivity index (χ0v) is 4.93. The van der Waals surface area contributed by atoms with Gasteiger partial charge < -0.3 is 8.98 Å². The molecular formula is C5H8N2O. The second-order valence-electron chi connectivity index (χ2n) is 1.74. The summed E-state index contributed by atoms with van der Waals surface area (Å²) in [6.07, 6.45) is 1.56. The van der Waals surface area contributed by atoms with Crippen LogP contribution in [0.15, 0.2) is 10.7 Å². The number of aromatic nitrogens is 1. The second-order valence-corrected chi connectivity index (χ2v) is 1.74. The van der Waals surface area contributed by atoms with Crippen molar-refractivity contribution < 1.29 is 4.42 Å². The Morgan fingerprint density at radius 3 is 2.50 bits per heavy atom. The van der Waals surface area contributed by atoms with Crippen LogP contribution in [0.2, 0.25) is 0 Å². The minimum Gasteiger partial charge on any atom is -0.432 e. The van der Waals surface area contributed by atoms with Crippen molar-refractivity contribution in [1.29, 1.82) is 5.41 Å². The summed E-state index contributed by atoms with van der Waals surface area (Å²) in [7, 11) is 1.79. The van der Waals surface area contributed by atoms with E-state index < -0.39 is 0 Å². The molecule has 0 bridgehead atoms. The quantitative estimate of drug-likeness (QED) is 0.518. The third-order valence-electron chi connectivity index (χ3n) is 1.17. The molecule has 0 unspecified atom stereocenters. The van der Waals surface area contributed by atoms with Gasteiger partial charge in [-0.1, -0.05) is 0 Å². The molecule has 1 N–H and O–H groups in total. The highest BCUT2D eigenvalue weighted by atomic mass is 16.3. The lowest BCUT2D eigenvalue weighted by molar-refractivity contribution is 0.466. The summed E-state index contributed by atoms with van der Waals surface area (Å²) in [5, 5.41) is 7.04. The molecular weight excluding hydrogens is 104 g/mol. The first-order chi connectivity index (χ1) is 3.72. The van der Waals surface area contributed by atoms with Crippen molar-refractivity contribution in [1.82, 2.24) is 4.57 Å². The van der Waals surface area contributed by atoms with Gasteiger partial charge in [0, 0.05) is 7.05 Å². The van der Waals surface area contributed by atoms with Gasteiger partial charge in [-0.2, -0.15) is 0 Å². The van der Waals surface area contributed by atoms with Crippen molar-refractivity contribution >= 4 is 0 Å². The van der Waals surface area contributed by atoms with Crippen molar-refractivity contribution in [2.45, 2.75) is 6.92 Å². The Labute approximate surface area is 47.1 Å². The number of hydrogen-bond donors (Lipinski definition) is 1. The van der Waals surface area contributed by atoms with Crippen molar-refractivity contribution in [2.24, 2.45) is 7.05 Å². The first kappa shape index (κ1) is 5.15. The molecule has 0 fully saturated rings. The predicted octanol–water partition coefficient (Wildman–Crippen LogP) is 0.406. The van der Waals surface area contributed by atoms with Crippen LogP contribution < -0.4 is 5.68 Å². The zero-order valence-electron chi connectivity index (χ0n) is 4.93. The molecule has 0 radical (unpaired) electrons. The van der Waals surface area contributed by atoms with Crippen LogP contribution in [0.4, 0.5) is 0 Å². The molecule has 0 saturated heterocycles. The van der Waals surface area contributed by atoms with Gasteiger partial charge in [0.05, 0.1) is 5.69 Å². The number of aryl methyl sites for hydroxylation is 1. The van der Waals surface area contributed by atoms with E-state index in [0.29, 0.717) is 0 Å². The topological polar surface area (TPSA) is 41.9 Å². The SMILES string of the molecule is Cc1coc(=N)n1C. The molecule has 8 heavy (non-hydrogen) atoms. The van der Waals surface area contributed by atoms with Crippen LogP contribution >= 0.6 is 0 Å². The number of nitrogens with one attached hydrogen (secondary N) is 1. The maximum Gasteiger partial charge on any atom is 0.293 e. The molecule has 3 heteroatoms. The van der Waals surface area contributed by atoms with Crippen LogP contribution in [0.3, 0.4) is 0 Å². The van der Waals surface area contributed by atoms with Crippen molar-refractivity contribution in [3.63, 3.8) is 0 Å². The van der Waals surface area contributed by atoms with Crippen LogP contribution in [-0.4, -0.2) is 4.57 Å². The van der Waals surface area contributed by atoms with E-state index in [2.05, 4.69) is 0 Å². The van der Waals surface area contributed by atoms with E-state index in [0.717, 1.165) is 5.69 Å². The minimum absolute atomic E-state index is 0.197. The fourth-order valence-corrected chi connectivity index (χ4v) is 0.459. The van der Waals surface area contributed by atoms with Crippen molar-refractivity contribution in [3.05, 3.63) is 17.6 Å². The van der Waals surface area contributed by atoms with Crippen molar-refractivity contribution in [3.8, 4) is 0 Å². The van der Waals surface area contributed by atoms with E-state index in [-0.39, 0.29) is 5.68 Å². The molecule has 1 aromatic heterocycles. The lowest BCUT2D eigenvalue weighted by Gasteiger charge is -1.86. The number of oxazole rings is 1. The highest BCUT2D eigenvalue weighted by molar-refractivity contribution is 4.87. The smallest absolute Gasteiger partial charge is 0.293 e. The molecule has 1 heterocycles. The Morgan fingerprint density at radius 1 is 1.75 bits per heavy atom. The third kappa shape index (κ3) is 0.559. The molecule has 0 atom stereocenters. The number of rotatable bonds is 0. The molecule has 0 aromatic carbocycles. The van der Waals surface area contributed by atoms with Gasteiger partial charge in [-0.25, -0.2) is 0 Å². The summed E-state index contributed by atoms with van der Waals surface area (Å²) in [4.78, 5) is 0. The van der Waals surface area contributed by atoms with E-state index in [1.807, 2.05) is 6.92 Å². The van der Waals surface area contributed by atoms with Gasteiger partial charge in [-0.15, -0.1) is 0 Å². The highest BCUT2D eigenvalue weighted by Gasteiger charge is 1.90. The fraction of sp³-hybridized carbons (Fsp3) is 0.400. The highest BCUT2D eigenvalue weighted by Crippen LogP contribution is 1.87. The molecule has 0 saturated carbocycles. The Kier molecular flexibility index (Phi) is 0.970. The van der Waals surface area contributed by atoms with E-state index >= 15 is 0 Å². The Morgan fingerprint density at radius 2 is 2.38 bits per heavy atom. The summed E-state index contributed by atoms with van der Waals surface area (Å²) in [6, 6.07) is 0. The van der Waals surface area contributed by atoms with Gasteiger partial charge in [0.15, 0.2) is 0 Å². The maximum atomic E-state index is 7.04. The largest absolute Gasteiger partial charge is 0.432 e. The first-order valence-corrected chi connectivity index (χ1v) is 2.37. The Balaban J connectivity index is 3.41. The molecule has 0 aliphatic heterocycles. The van der Waals surface area contributed by atoms with E-state index in [9.17, 15) is 0 Å². The molecule has 0 spiro atoms. The normalized spacial score (nSPS) is 9.75. The van der Waals surface area contributed by atoms with E-state index in [1.54, 1.807) is 17.9 Å². The van der Waals surface area contributed by atoms with Gasteiger partial charge >= 0.3 is 0 Å². The van der Waals surface area contributed by atoms with Crippen molar-refractivity contribution in [2.75, 3.05) is 0 Å². The summed E-state index contributed by atoms with van der Waals surface area (Å²) >= 11 is 0. The molecule has 3 nitrogen and oxygen atoms in total. The van der Waals surface area contributed by atoms with Gasteiger partial charge in [0.25, 0.3) is 5.68 Å². The maximum absolute atomic E-state index is 7.04. The van der Waals surface area contributed by atoms with E-state index in [1.165, 1.54) is 0 Å². The van der Waals surface area contributed by atoms with Gasteiger partial charge in [-0.3, -0.25) is 5.41 Å². The predicted molar refractivity (Wildman–Crippen MR) is 28.3 cm³/mol. The standard InChI is InChI=1S/C5H8N2O/c1-4-3-8-5(6)7(4)2/h3,6H,1-2H3. The average molecular weight is 112 g/mol. The second kappa shape index (κ2) is 1.51. The van der Waals surface area contributed by atoms with Crippen LogP contribution in [0, 0.1) is 12.3 Å². The summed E-state index contributed by atoms with van der Waals surface area (Å²) < 4.78 is 6.39. The molecule has 44 valence electrons. The van der Waals surface area contributed by atoms with E-state index in [4.69, 9.17) is 9.83 Å². The molecule has 1 rings (SSSR count). The molecule has 0 aliphatic carbocycles. The first-order valence-electron chi connectivity index (χ1n) is 2.37. The summed E-state index contributed by atoms with van der Waals surface area (Å²) in [5.41, 5.74) is 1.16. The van der Waals surface area contributed by atoms with Crippen LogP contribution in [-0.2, 0) is 7.05 Å². The summed E-state index contributed by atoms with van der Waals surface area (Å²) in [5.74, 6) is 0. The van der Waals surface area contributed by atoms with Gasteiger partial charge in [-0.05, 0) is 6.92 Å². The average Bonchev–Trinajstić information content (AvgIpc) is 1.98. The fourth-order valence-electron chi connectivity index (χ4n) is 0.459. The summed E-state index contributed by atoms with van der Waals surface area (Å²) in [6.45, 7) is 1.89. The number of nitrogens with zero attached hydrogens (tertiary/aromatic N) is 1. The zero-order chi connectivity index (χ0) is 6.15. The lowest BCUT2D eigenvalue weighted by atomic mass is 10.6. The van der Waals surface area contributed by atoms with Crippen LogP contribution in [0.1, 0.15) is 5.69 Å². The van der Waals surface area contributed by atoms with Crippen LogP contribution in [0.25, 0.3) is 0 Å². The van der Waals surface area contributed by atoms with Crippen LogP contribution in [0.5, 0.6) is 0 Å². The monoisotopic (exact) mass is 112 g/mol. The molecule has 1 aromatic rings. The Bertz CT molecular complexity index is 233. The lowest BCUT2D eigenvalue weighted by Crippen LogP contribution is -2.10. The molecule has 0 amide bonds. The molecule has 0 aliphatic rings. The Hall–Kier alpha value is -0.990.